The molecule has 0 spiro atoms. The Hall–Kier alpha value is -3.29. The number of carbonyl (C=O) groups is 1. The monoisotopic (exact) mass is 325 g/mol. The Morgan fingerprint density at radius 2 is 1.96 bits per heavy atom. The molecule has 8 heteroatoms. The number of nitrogens with two attached hydrogens (primary N) is 1. The van der Waals surface area contributed by atoms with Gasteiger partial charge in [-0.25, -0.2) is 14.8 Å². The molecule has 0 atom stereocenters. The molecule has 0 fully saturated rings. The van der Waals surface area contributed by atoms with Crippen LogP contribution in [-0.4, -0.2) is 26.1 Å². The van der Waals surface area contributed by atoms with Crippen molar-refractivity contribution >= 4 is 11.8 Å². The number of carbonyl (C=O) groups excluding carboxylic acids is 1. The largest absolute Gasteiger partial charge is 0.451 e. The second kappa shape index (κ2) is 6.86. The number of hydrogen-bond acceptors (Lipinski definition) is 8. The Balaban J connectivity index is 1.66. The Morgan fingerprint density at radius 1 is 1.21 bits per heavy atom. The van der Waals surface area contributed by atoms with E-state index in [0.717, 1.165) is 12.0 Å². The highest BCUT2D eigenvalue weighted by molar-refractivity contribution is 5.91. The van der Waals surface area contributed by atoms with Gasteiger partial charge in [0.05, 0.1) is 0 Å². The second-order valence-corrected chi connectivity index (χ2v) is 4.93. The van der Waals surface area contributed by atoms with Crippen LogP contribution in [0.5, 0.6) is 0 Å². The van der Waals surface area contributed by atoms with Gasteiger partial charge in [0, 0.05) is 18.0 Å². The molecular formula is C16H15N5O3. The first-order chi connectivity index (χ1) is 11.7. The van der Waals surface area contributed by atoms with Crippen LogP contribution in [0.2, 0.25) is 0 Å². The van der Waals surface area contributed by atoms with Crippen LogP contribution in [0.3, 0.4) is 0 Å². The average molecular weight is 325 g/mol. The molecule has 0 radical (unpaired) electrons. The summed E-state index contributed by atoms with van der Waals surface area (Å²) < 4.78 is 10.1. The quantitative estimate of drug-likeness (QED) is 0.708. The van der Waals surface area contributed by atoms with Crippen molar-refractivity contribution in [3.05, 3.63) is 53.8 Å². The van der Waals surface area contributed by atoms with Crippen molar-refractivity contribution in [2.75, 3.05) is 5.73 Å². The third-order valence-electron chi connectivity index (χ3n) is 3.34. The smallest absolute Gasteiger partial charge is 0.361 e. The predicted molar refractivity (Wildman–Crippen MR) is 84.7 cm³/mol. The van der Waals surface area contributed by atoms with Crippen molar-refractivity contribution in [2.45, 2.75) is 20.0 Å². The third kappa shape index (κ3) is 3.37. The van der Waals surface area contributed by atoms with E-state index >= 15 is 0 Å². The van der Waals surface area contributed by atoms with E-state index in [-0.39, 0.29) is 24.0 Å². The summed E-state index contributed by atoms with van der Waals surface area (Å²) in [6.45, 7) is 1.91. The molecule has 3 rings (SSSR count). The molecule has 3 aromatic rings. The molecule has 0 aliphatic rings. The topological polar surface area (TPSA) is 117 Å². The zero-order chi connectivity index (χ0) is 16.9. The van der Waals surface area contributed by atoms with Gasteiger partial charge in [0.25, 0.3) is 5.89 Å². The molecule has 0 aliphatic heterocycles. The SMILES string of the molecule is CCc1ccc(-c2noc(COC(=O)c3nccnc3N)n2)cc1. The number of hydrogen-bond donors (Lipinski definition) is 1. The van der Waals surface area contributed by atoms with Crippen molar-refractivity contribution in [1.82, 2.24) is 20.1 Å². The lowest BCUT2D eigenvalue weighted by molar-refractivity contribution is 0.0424. The van der Waals surface area contributed by atoms with Gasteiger partial charge in [-0.3, -0.25) is 0 Å². The highest BCUT2D eigenvalue weighted by atomic mass is 16.6. The van der Waals surface area contributed by atoms with Gasteiger partial charge in [0.15, 0.2) is 18.1 Å². The molecule has 2 heterocycles. The second-order valence-electron chi connectivity index (χ2n) is 4.93. The fraction of sp³-hybridized carbons (Fsp3) is 0.188. The van der Waals surface area contributed by atoms with Crippen molar-refractivity contribution < 1.29 is 14.1 Å². The van der Waals surface area contributed by atoms with E-state index in [0.29, 0.717) is 5.82 Å². The Kier molecular flexibility index (Phi) is 4.46. The van der Waals surface area contributed by atoms with E-state index < -0.39 is 5.97 Å². The fourth-order valence-electron chi connectivity index (χ4n) is 2.02. The van der Waals surface area contributed by atoms with Crippen molar-refractivity contribution in [1.29, 1.82) is 0 Å². The molecule has 0 aliphatic carbocycles. The van der Waals surface area contributed by atoms with Crippen LogP contribution in [-0.2, 0) is 17.8 Å². The van der Waals surface area contributed by atoms with Gasteiger partial charge in [-0.1, -0.05) is 36.3 Å². The molecule has 0 saturated heterocycles. The molecule has 24 heavy (non-hydrogen) atoms. The number of nitrogens with zero attached hydrogens (tertiary/aromatic N) is 4. The van der Waals surface area contributed by atoms with E-state index in [2.05, 4.69) is 27.0 Å². The van der Waals surface area contributed by atoms with Crippen molar-refractivity contribution in [2.24, 2.45) is 0 Å². The first-order valence-corrected chi connectivity index (χ1v) is 7.33. The van der Waals surface area contributed by atoms with Crippen LogP contribution >= 0.6 is 0 Å². The van der Waals surface area contributed by atoms with Gasteiger partial charge in [0.1, 0.15) is 0 Å². The highest BCUT2D eigenvalue weighted by Crippen LogP contribution is 2.17. The molecule has 2 aromatic heterocycles. The lowest BCUT2D eigenvalue weighted by atomic mass is 10.1. The molecule has 0 saturated carbocycles. The van der Waals surface area contributed by atoms with E-state index in [1.807, 2.05) is 24.3 Å². The molecule has 1 aromatic carbocycles. The maximum atomic E-state index is 11.9. The average Bonchev–Trinajstić information content (AvgIpc) is 3.09. The van der Waals surface area contributed by atoms with Crippen LogP contribution in [0, 0.1) is 0 Å². The summed E-state index contributed by atoms with van der Waals surface area (Å²) in [4.78, 5) is 23.7. The number of anilines is 1. The summed E-state index contributed by atoms with van der Waals surface area (Å²) in [7, 11) is 0. The van der Waals surface area contributed by atoms with Gasteiger partial charge >= 0.3 is 5.97 Å². The minimum absolute atomic E-state index is 0.00438. The van der Waals surface area contributed by atoms with Gasteiger partial charge < -0.3 is 15.0 Å². The van der Waals surface area contributed by atoms with Gasteiger partial charge in [0.2, 0.25) is 5.82 Å². The minimum Gasteiger partial charge on any atom is -0.451 e. The number of benzene rings is 1. The number of nitrogen functional groups attached to an aromatic ring is 1. The first kappa shape index (κ1) is 15.6. The predicted octanol–water partition coefficient (Wildman–Crippen LogP) is 2.03. The lowest BCUT2D eigenvalue weighted by Gasteiger charge is -2.02. The van der Waals surface area contributed by atoms with Crippen LogP contribution in [0.25, 0.3) is 11.4 Å². The Labute approximate surface area is 137 Å². The fourth-order valence-corrected chi connectivity index (χ4v) is 2.02. The summed E-state index contributed by atoms with van der Waals surface area (Å²) >= 11 is 0. The summed E-state index contributed by atoms with van der Waals surface area (Å²) in [6, 6.07) is 7.84. The van der Waals surface area contributed by atoms with Gasteiger partial charge in [-0.2, -0.15) is 4.98 Å². The first-order valence-electron chi connectivity index (χ1n) is 7.33. The van der Waals surface area contributed by atoms with Crippen LogP contribution in [0.15, 0.2) is 41.2 Å². The minimum atomic E-state index is -0.701. The molecule has 2 N–H and O–H groups in total. The summed E-state index contributed by atoms with van der Waals surface area (Å²) in [5.74, 6) is -0.0829. The molecule has 0 bridgehead atoms. The molecular weight excluding hydrogens is 310 g/mol. The van der Waals surface area contributed by atoms with Crippen molar-refractivity contribution in [3.63, 3.8) is 0 Å². The summed E-state index contributed by atoms with van der Waals surface area (Å²) in [5.41, 5.74) is 7.57. The molecule has 8 nitrogen and oxygen atoms in total. The normalized spacial score (nSPS) is 10.5. The van der Waals surface area contributed by atoms with E-state index in [9.17, 15) is 4.79 Å². The zero-order valence-corrected chi connectivity index (χ0v) is 13.0. The standard InChI is InChI=1S/C16H15N5O3/c1-2-10-3-5-11(6-4-10)15-20-12(24-21-15)9-23-16(22)13-14(17)19-8-7-18-13/h3-8H,2,9H2,1H3,(H2,17,19). The maximum absolute atomic E-state index is 11.9. The molecule has 0 amide bonds. The van der Waals surface area contributed by atoms with Crippen LogP contribution in [0.1, 0.15) is 28.9 Å². The summed E-state index contributed by atoms with van der Waals surface area (Å²) in [6.07, 6.45) is 3.71. The van der Waals surface area contributed by atoms with Gasteiger partial charge in [-0.15, -0.1) is 0 Å². The zero-order valence-electron chi connectivity index (χ0n) is 13.0. The maximum Gasteiger partial charge on any atom is 0.361 e. The number of rotatable bonds is 5. The third-order valence-corrected chi connectivity index (χ3v) is 3.34. The highest BCUT2D eigenvalue weighted by Gasteiger charge is 2.16. The molecule has 122 valence electrons. The van der Waals surface area contributed by atoms with Crippen LogP contribution < -0.4 is 5.73 Å². The van der Waals surface area contributed by atoms with E-state index in [4.69, 9.17) is 15.0 Å². The number of aryl methyl sites for hydroxylation is 1. The van der Waals surface area contributed by atoms with E-state index in [1.165, 1.54) is 18.0 Å². The van der Waals surface area contributed by atoms with Crippen molar-refractivity contribution in [3.8, 4) is 11.4 Å². The van der Waals surface area contributed by atoms with Crippen LogP contribution in [0.4, 0.5) is 5.82 Å². The number of ether oxygens (including phenoxy) is 1. The Morgan fingerprint density at radius 3 is 2.67 bits per heavy atom. The lowest BCUT2D eigenvalue weighted by Crippen LogP contribution is -2.11. The number of esters is 1. The van der Waals surface area contributed by atoms with E-state index in [1.54, 1.807) is 0 Å². The van der Waals surface area contributed by atoms with Gasteiger partial charge in [-0.05, 0) is 12.0 Å². The molecule has 0 unspecified atom stereocenters. The number of aromatic nitrogens is 4. The Bertz CT molecular complexity index is 845. The summed E-state index contributed by atoms with van der Waals surface area (Å²) in [5, 5.41) is 3.88.